The van der Waals surface area contributed by atoms with Crippen LogP contribution in [0.4, 0.5) is 0 Å². The molecular weight excluding hydrogens is 376 g/mol. The molecule has 0 bridgehead atoms. The van der Waals surface area contributed by atoms with Crippen molar-refractivity contribution in [2.24, 2.45) is 0 Å². The monoisotopic (exact) mass is 392 g/mol. The van der Waals surface area contributed by atoms with Crippen LogP contribution < -0.4 is 9.47 Å². The summed E-state index contributed by atoms with van der Waals surface area (Å²) in [6, 6.07) is 20.3. The van der Waals surface area contributed by atoms with E-state index in [4.69, 9.17) is 21.1 Å². The highest BCUT2D eigenvalue weighted by Crippen LogP contribution is 2.22. The summed E-state index contributed by atoms with van der Waals surface area (Å²) >= 11 is 5.84. The predicted octanol–water partition coefficient (Wildman–Crippen LogP) is 5.46. The van der Waals surface area contributed by atoms with Gasteiger partial charge in [0, 0.05) is 16.1 Å². The molecule has 28 heavy (non-hydrogen) atoms. The van der Waals surface area contributed by atoms with Crippen molar-refractivity contribution in [2.75, 3.05) is 7.11 Å². The molecule has 0 spiro atoms. The van der Waals surface area contributed by atoms with Crippen molar-refractivity contribution in [1.29, 1.82) is 0 Å². The molecule has 140 valence electrons. The lowest BCUT2D eigenvalue weighted by Gasteiger charge is -2.08. The van der Waals surface area contributed by atoms with Crippen molar-refractivity contribution < 1.29 is 19.1 Å². The van der Waals surface area contributed by atoms with Gasteiger partial charge in [-0.2, -0.15) is 0 Å². The highest BCUT2D eigenvalue weighted by Gasteiger charge is 2.12. The third-order valence-electron chi connectivity index (χ3n) is 3.97. The Hall–Kier alpha value is -3.37. The molecule has 3 aromatic carbocycles. The van der Waals surface area contributed by atoms with Crippen molar-refractivity contribution in [3.8, 4) is 11.5 Å². The number of hydrogen-bond donors (Lipinski definition) is 0. The van der Waals surface area contributed by atoms with E-state index in [0.29, 0.717) is 33.2 Å². The fourth-order valence-corrected chi connectivity index (χ4v) is 2.62. The van der Waals surface area contributed by atoms with E-state index >= 15 is 0 Å². The zero-order valence-electron chi connectivity index (χ0n) is 15.1. The molecule has 0 aliphatic heterocycles. The third kappa shape index (κ3) is 4.87. The Kier molecular flexibility index (Phi) is 6.25. The Bertz CT molecular complexity index is 1020. The van der Waals surface area contributed by atoms with Crippen LogP contribution >= 0.6 is 11.6 Å². The molecule has 3 aromatic rings. The maximum Gasteiger partial charge on any atom is 0.343 e. The lowest BCUT2D eigenvalue weighted by Crippen LogP contribution is -2.09. The van der Waals surface area contributed by atoms with Crippen molar-refractivity contribution in [3.05, 3.63) is 101 Å². The van der Waals surface area contributed by atoms with Crippen LogP contribution in [0.5, 0.6) is 11.5 Å². The summed E-state index contributed by atoms with van der Waals surface area (Å²) in [5.74, 6) is 0.237. The van der Waals surface area contributed by atoms with E-state index in [-0.39, 0.29) is 5.78 Å². The zero-order valence-corrected chi connectivity index (χ0v) is 15.8. The number of ketones is 1. The van der Waals surface area contributed by atoms with E-state index in [2.05, 4.69) is 0 Å². The number of methoxy groups -OCH3 is 1. The van der Waals surface area contributed by atoms with Crippen molar-refractivity contribution in [1.82, 2.24) is 0 Å². The van der Waals surface area contributed by atoms with Crippen LogP contribution in [0.2, 0.25) is 5.02 Å². The normalized spacial score (nSPS) is 10.6. The van der Waals surface area contributed by atoms with E-state index in [1.807, 2.05) is 0 Å². The van der Waals surface area contributed by atoms with Gasteiger partial charge in [0.25, 0.3) is 0 Å². The summed E-state index contributed by atoms with van der Waals surface area (Å²) in [6.07, 6.45) is 3.05. The number of hydrogen-bond acceptors (Lipinski definition) is 4. The van der Waals surface area contributed by atoms with Crippen molar-refractivity contribution in [2.45, 2.75) is 0 Å². The van der Waals surface area contributed by atoms with Crippen LogP contribution in [0.15, 0.2) is 78.9 Å². The molecule has 0 aromatic heterocycles. The first-order chi connectivity index (χ1) is 13.6. The van der Waals surface area contributed by atoms with Crippen molar-refractivity contribution >= 4 is 29.4 Å². The standard InChI is InChI=1S/C23H17ClO4/c1-27-20-7-4-6-18(15-20)23(26)28-22-8-3-2-5-17(22)11-14-21(25)16-9-12-19(24)13-10-16/h2-15H,1H3/b14-11+. The molecule has 0 saturated heterocycles. The first-order valence-corrected chi connectivity index (χ1v) is 8.88. The van der Waals surface area contributed by atoms with Gasteiger partial charge in [-0.1, -0.05) is 35.9 Å². The van der Waals surface area contributed by atoms with Crippen molar-refractivity contribution in [3.63, 3.8) is 0 Å². The molecule has 3 rings (SSSR count). The number of ether oxygens (including phenoxy) is 2. The fraction of sp³-hybridized carbons (Fsp3) is 0.0435. The largest absolute Gasteiger partial charge is 0.497 e. The van der Waals surface area contributed by atoms with Crippen LogP contribution in [0.3, 0.4) is 0 Å². The molecule has 0 aliphatic rings. The Morgan fingerprint density at radius 1 is 0.893 bits per heavy atom. The summed E-state index contributed by atoms with van der Waals surface area (Å²) < 4.78 is 10.6. The van der Waals surface area contributed by atoms with Crippen LogP contribution in [-0.2, 0) is 0 Å². The number of carbonyl (C=O) groups is 2. The molecule has 0 saturated carbocycles. The van der Waals surface area contributed by atoms with Crippen LogP contribution in [-0.4, -0.2) is 18.9 Å². The molecule has 4 nitrogen and oxygen atoms in total. The quantitative estimate of drug-likeness (QED) is 0.242. The third-order valence-corrected chi connectivity index (χ3v) is 4.22. The smallest absolute Gasteiger partial charge is 0.343 e. The van der Waals surface area contributed by atoms with Gasteiger partial charge in [0.15, 0.2) is 5.78 Å². The van der Waals surface area contributed by atoms with Gasteiger partial charge in [0.1, 0.15) is 11.5 Å². The van der Waals surface area contributed by atoms with E-state index in [0.717, 1.165) is 0 Å². The lowest BCUT2D eigenvalue weighted by atomic mass is 10.1. The fourth-order valence-electron chi connectivity index (χ4n) is 2.50. The summed E-state index contributed by atoms with van der Waals surface area (Å²) in [4.78, 5) is 24.7. The van der Waals surface area contributed by atoms with Gasteiger partial charge >= 0.3 is 5.97 Å². The van der Waals surface area contributed by atoms with Crippen LogP contribution in [0.1, 0.15) is 26.3 Å². The molecule has 0 N–H and O–H groups in total. The minimum atomic E-state index is -0.510. The van der Waals surface area contributed by atoms with Gasteiger partial charge in [0.2, 0.25) is 0 Å². The second-order valence-electron chi connectivity index (χ2n) is 5.86. The molecule has 0 atom stereocenters. The van der Waals surface area contributed by atoms with Gasteiger partial charge in [-0.15, -0.1) is 0 Å². The molecule has 0 amide bonds. The number of rotatable bonds is 6. The minimum absolute atomic E-state index is 0.175. The Morgan fingerprint density at radius 2 is 1.64 bits per heavy atom. The van der Waals surface area contributed by atoms with E-state index in [1.165, 1.54) is 13.2 Å². The maximum absolute atomic E-state index is 12.4. The summed E-state index contributed by atoms with van der Waals surface area (Å²) in [5.41, 5.74) is 1.50. The topological polar surface area (TPSA) is 52.6 Å². The number of benzene rings is 3. The van der Waals surface area contributed by atoms with Gasteiger partial charge in [-0.05, 0) is 60.7 Å². The Balaban J connectivity index is 1.78. The van der Waals surface area contributed by atoms with Crippen LogP contribution in [0, 0.1) is 0 Å². The average Bonchev–Trinajstić information content (AvgIpc) is 2.73. The molecule has 0 heterocycles. The minimum Gasteiger partial charge on any atom is -0.497 e. The number of allylic oxidation sites excluding steroid dienone is 1. The van der Waals surface area contributed by atoms with Gasteiger partial charge < -0.3 is 9.47 Å². The highest BCUT2D eigenvalue weighted by molar-refractivity contribution is 6.30. The lowest BCUT2D eigenvalue weighted by molar-refractivity contribution is 0.0734. The maximum atomic E-state index is 12.4. The average molecular weight is 393 g/mol. The molecule has 0 fully saturated rings. The Labute approximate surface area is 168 Å². The first-order valence-electron chi connectivity index (χ1n) is 8.50. The highest BCUT2D eigenvalue weighted by atomic mass is 35.5. The van der Waals surface area contributed by atoms with Crippen LogP contribution in [0.25, 0.3) is 6.08 Å². The van der Waals surface area contributed by atoms with Gasteiger partial charge in [-0.25, -0.2) is 4.79 Å². The number of para-hydroxylation sites is 1. The molecule has 0 aliphatic carbocycles. The SMILES string of the molecule is COc1cccc(C(=O)Oc2ccccc2/C=C/C(=O)c2ccc(Cl)cc2)c1. The van der Waals surface area contributed by atoms with E-state index < -0.39 is 5.97 Å². The number of esters is 1. The summed E-state index contributed by atoms with van der Waals surface area (Å²) in [5, 5.41) is 0.565. The number of halogens is 1. The van der Waals surface area contributed by atoms with Gasteiger partial charge in [-0.3, -0.25) is 4.79 Å². The summed E-state index contributed by atoms with van der Waals surface area (Å²) in [6.45, 7) is 0. The first kappa shape index (κ1) is 19.4. The zero-order chi connectivity index (χ0) is 19.9. The van der Waals surface area contributed by atoms with E-state index in [1.54, 1.807) is 78.9 Å². The molecular formula is C23H17ClO4. The number of carbonyl (C=O) groups excluding carboxylic acids is 2. The molecule has 0 unspecified atom stereocenters. The second kappa shape index (κ2) is 9.02. The Morgan fingerprint density at radius 3 is 2.39 bits per heavy atom. The van der Waals surface area contributed by atoms with Gasteiger partial charge in [0.05, 0.1) is 12.7 Å². The van der Waals surface area contributed by atoms with E-state index in [9.17, 15) is 9.59 Å². The summed E-state index contributed by atoms with van der Waals surface area (Å²) in [7, 11) is 1.53. The second-order valence-corrected chi connectivity index (χ2v) is 6.30. The molecule has 0 radical (unpaired) electrons. The molecule has 5 heteroatoms. The predicted molar refractivity (Wildman–Crippen MR) is 109 cm³/mol.